The van der Waals surface area contributed by atoms with Crippen LogP contribution in [0, 0.1) is 5.92 Å². The molecular formula is C20H27N3O4. The second-order valence-electron chi connectivity index (χ2n) is 7.33. The third-order valence-corrected chi connectivity index (χ3v) is 4.93. The van der Waals surface area contributed by atoms with Crippen molar-refractivity contribution in [3.8, 4) is 0 Å². The summed E-state index contributed by atoms with van der Waals surface area (Å²) in [5, 5.41) is 1.03. The molecule has 1 aromatic carbocycles. The van der Waals surface area contributed by atoms with Crippen LogP contribution in [-0.2, 0) is 20.7 Å². The Balaban J connectivity index is 1.62. The van der Waals surface area contributed by atoms with Gasteiger partial charge in [-0.1, -0.05) is 18.2 Å². The van der Waals surface area contributed by atoms with Gasteiger partial charge in [0.2, 0.25) is 6.79 Å². The molecule has 2 heterocycles. The zero-order chi connectivity index (χ0) is 19.4. The average Bonchev–Trinajstić information content (AvgIpc) is 3.24. The number of hydrogen-bond donors (Lipinski definition) is 0. The fraction of sp³-hybridized carbons (Fsp3) is 0.500. The molecule has 1 aliphatic heterocycles. The number of hydrogen-bond acceptors (Lipinski definition) is 6. The van der Waals surface area contributed by atoms with Gasteiger partial charge >= 0.3 is 12.1 Å². The summed E-state index contributed by atoms with van der Waals surface area (Å²) in [5.41, 5.74) is 1.88. The van der Waals surface area contributed by atoms with Gasteiger partial charge in [-0.05, 0) is 52.2 Å². The first-order chi connectivity index (χ1) is 13.0. The van der Waals surface area contributed by atoms with E-state index in [1.54, 1.807) is 0 Å². The molecule has 1 aromatic heterocycles. The number of likely N-dealkylation sites (N-methyl/N-ethyl adjacent to an activating group) is 1. The Morgan fingerprint density at radius 3 is 2.70 bits per heavy atom. The molecule has 7 nitrogen and oxygen atoms in total. The van der Waals surface area contributed by atoms with Crippen molar-refractivity contribution in [2.24, 2.45) is 5.92 Å². The lowest BCUT2D eigenvalue weighted by atomic mass is 10.1. The molecule has 0 radical (unpaired) electrons. The number of rotatable bonds is 6. The number of likely N-dealkylation sites (tertiary alicyclic amines) is 1. The normalized spacial score (nSPS) is 17.6. The summed E-state index contributed by atoms with van der Waals surface area (Å²) in [6, 6.07) is 7.73. The molecule has 0 spiro atoms. The van der Waals surface area contributed by atoms with E-state index in [9.17, 15) is 9.59 Å². The van der Waals surface area contributed by atoms with Crippen molar-refractivity contribution >= 4 is 23.0 Å². The second kappa shape index (κ2) is 8.54. The summed E-state index contributed by atoms with van der Waals surface area (Å²) >= 11 is 0. The molecule has 7 heteroatoms. The molecule has 0 amide bonds. The highest BCUT2D eigenvalue weighted by Crippen LogP contribution is 2.22. The van der Waals surface area contributed by atoms with Gasteiger partial charge in [0.25, 0.3) is 0 Å². The number of carbonyl (C=O) groups excluding carboxylic acids is 2. The van der Waals surface area contributed by atoms with Crippen LogP contribution in [-0.4, -0.2) is 74.0 Å². The Bertz CT molecular complexity index is 815. The van der Waals surface area contributed by atoms with Crippen LogP contribution in [0.2, 0.25) is 0 Å². The minimum Gasteiger partial charge on any atom is -0.428 e. The number of carbonyl (C=O) groups is 2. The molecule has 27 heavy (non-hydrogen) atoms. The first-order valence-corrected chi connectivity index (χ1v) is 9.21. The number of esters is 1. The van der Waals surface area contributed by atoms with Gasteiger partial charge < -0.3 is 19.3 Å². The highest BCUT2D eigenvalue weighted by Gasteiger charge is 2.27. The predicted molar refractivity (Wildman–Crippen MR) is 103 cm³/mol. The minimum absolute atomic E-state index is 0.140. The molecule has 0 saturated carbocycles. The maximum Gasteiger partial charge on any atom is 0.421 e. The molecule has 0 N–H and O–H groups in total. The Labute approximate surface area is 159 Å². The Kier molecular flexibility index (Phi) is 6.13. The van der Waals surface area contributed by atoms with Crippen LogP contribution in [0.15, 0.2) is 30.5 Å². The predicted octanol–water partition coefficient (Wildman–Crippen LogP) is 2.18. The number of ether oxygens (including phenoxy) is 2. The van der Waals surface area contributed by atoms with Gasteiger partial charge in [-0.25, -0.2) is 4.79 Å². The number of aromatic nitrogens is 1. The van der Waals surface area contributed by atoms with Crippen LogP contribution < -0.4 is 0 Å². The lowest BCUT2D eigenvalue weighted by molar-refractivity contribution is -0.156. The third-order valence-electron chi connectivity index (χ3n) is 4.93. The van der Waals surface area contributed by atoms with Crippen LogP contribution in [0.4, 0.5) is 4.79 Å². The monoisotopic (exact) mass is 373 g/mol. The molecule has 1 unspecified atom stereocenters. The van der Waals surface area contributed by atoms with E-state index in [0.717, 1.165) is 42.4 Å². The van der Waals surface area contributed by atoms with Crippen molar-refractivity contribution in [2.75, 3.05) is 47.6 Å². The molecule has 146 valence electrons. The fourth-order valence-corrected chi connectivity index (χ4v) is 3.40. The lowest BCUT2D eigenvalue weighted by Crippen LogP contribution is -2.24. The van der Waals surface area contributed by atoms with E-state index in [0.29, 0.717) is 6.54 Å². The Morgan fingerprint density at radius 2 is 2.00 bits per heavy atom. The lowest BCUT2D eigenvalue weighted by Gasteiger charge is -2.11. The van der Waals surface area contributed by atoms with Crippen LogP contribution >= 0.6 is 0 Å². The van der Waals surface area contributed by atoms with Crippen LogP contribution in [0.25, 0.3) is 10.9 Å². The molecule has 1 atom stereocenters. The Hall–Kier alpha value is -2.38. The minimum atomic E-state index is -0.543. The second-order valence-corrected chi connectivity index (χ2v) is 7.33. The molecule has 1 fully saturated rings. The number of fused-ring (bicyclic) bond motifs is 1. The summed E-state index contributed by atoms with van der Waals surface area (Å²) in [4.78, 5) is 28.7. The Morgan fingerprint density at radius 1 is 1.22 bits per heavy atom. The van der Waals surface area contributed by atoms with Crippen LogP contribution in [0.3, 0.4) is 0 Å². The van der Waals surface area contributed by atoms with Crippen molar-refractivity contribution in [2.45, 2.75) is 12.8 Å². The molecular weight excluding hydrogens is 346 g/mol. The summed E-state index contributed by atoms with van der Waals surface area (Å²) in [7, 11) is 6.01. The van der Waals surface area contributed by atoms with Crippen molar-refractivity contribution in [3.63, 3.8) is 0 Å². The summed E-state index contributed by atoms with van der Waals surface area (Å²) in [6.45, 7) is 2.09. The summed E-state index contributed by atoms with van der Waals surface area (Å²) in [6.07, 6.45) is 2.88. The van der Waals surface area contributed by atoms with Crippen molar-refractivity contribution < 1.29 is 19.1 Å². The van der Waals surface area contributed by atoms with Crippen LogP contribution in [0.5, 0.6) is 0 Å². The highest BCUT2D eigenvalue weighted by molar-refractivity contribution is 5.92. The average molecular weight is 373 g/mol. The smallest absolute Gasteiger partial charge is 0.421 e. The van der Waals surface area contributed by atoms with Gasteiger partial charge in [-0.3, -0.25) is 9.36 Å². The molecule has 3 rings (SSSR count). The van der Waals surface area contributed by atoms with Gasteiger partial charge in [-0.15, -0.1) is 0 Å². The first kappa shape index (κ1) is 19.4. The van der Waals surface area contributed by atoms with Gasteiger partial charge in [0.1, 0.15) is 0 Å². The zero-order valence-corrected chi connectivity index (χ0v) is 16.2. The van der Waals surface area contributed by atoms with Gasteiger partial charge in [0.15, 0.2) is 0 Å². The summed E-state index contributed by atoms with van der Waals surface area (Å²) in [5.74, 6) is -0.449. The number of nitrogens with zero attached hydrogens (tertiary/aromatic N) is 3. The van der Waals surface area contributed by atoms with E-state index in [-0.39, 0.29) is 18.7 Å². The van der Waals surface area contributed by atoms with E-state index >= 15 is 0 Å². The van der Waals surface area contributed by atoms with Gasteiger partial charge in [0.05, 0.1) is 11.4 Å². The van der Waals surface area contributed by atoms with Crippen molar-refractivity contribution in [1.29, 1.82) is 0 Å². The van der Waals surface area contributed by atoms with E-state index in [2.05, 4.69) is 9.80 Å². The molecule has 2 aromatic rings. The van der Waals surface area contributed by atoms with E-state index in [4.69, 9.17) is 9.47 Å². The number of para-hydroxylation sites is 1. The quantitative estimate of drug-likeness (QED) is 0.571. The van der Waals surface area contributed by atoms with E-state index in [1.807, 2.05) is 51.6 Å². The zero-order valence-electron chi connectivity index (χ0n) is 16.2. The SMILES string of the molecule is CN(C)CCc1cn(C(=O)OCOC(=O)C2CCN(C)C2)c2ccccc12. The van der Waals surface area contributed by atoms with Gasteiger partial charge in [-0.2, -0.15) is 0 Å². The molecule has 1 aliphatic rings. The van der Waals surface area contributed by atoms with E-state index in [1.165, 1.54) is 4.57 Å². The highest BCUT2D eigenvalue weighted by atomic mass is 16.7. The largest absolute Gasteiger partial charge is 0.428 e. The maximum atomic E-state index is 12.5. The standard InChI is InChI=1S/C20H27N3O4/c1-21(2)10-8-15-13-23(18-7-5-4-6-17(15)18)20(25)27-14-26-19(24)16-9-11-22(3)12-16/h4-7,13,16H,8-12,14H2,1-3H3. The molecule has 0 bridgehead atoms. The summed E-state index contributed by atoms with van der Waals surface area (Å²) < 4.78 is 11.8. The topological polar surface area (TPSA) is 64.0 Å². The van der Waals surface area contributed by atoms with Gasteiger partial charge in [0, 0.05) is 24.7 Å². The van der Waals surface area contributed by atoms with Crippen molar-refractivity contribution in [3.05, 3.63) is 36.0 Å². The third kappa shape index (κ3) is 4.67. The fourth-order valence-electron chi connectivity index (χ4n) is 3.40. The number of benzene rings is 1. The van der Waals surface area contributed by atoms with Crippen LogP contribution in [0.1, 0.15) is 12.0 Å². The maximum absolute atomic E-state index is 12.5. The molecule has 0 aliphatic carbocycles. The molecule has 1 saturated heterocycles. The first-order valence-electron chi connectivity index (χ1n) is 9.21. The van der Waals surface area contributed by atoms with Crippen molar-refractivity contribution in [1.82, 2.24) is 14.4 Å². The van der Waals surface area contributed by atoms with E-state index < -0.39 is 6.09 Å².